The molecule has 1 heterocycles. The van der Waals surface area contributed by atoms with E-state index >= 15 is 0 Å². The average Bonchev–Trinajstić information content (AvgIpc) is 2.53. The fourth-order valence-corrected chi connectivity index (χ4v) is 2.80. The Morgan fingerprint density at radius 3 is 2.76 bits per heavy atom. The van der Waals surface area contributed by atoms with Gasteiger partial charge in [0.25, 0.3) is 5.91 Å². The van der Waals surface area contributed by atoms with E-state index in [-0.39, 0.29) is 12.0 Å². The van der Waals surface area contributed by atoms with Crippen LogP contribution in [0.25, 0.3) is 0 Å². The van der Waals surface area contributed by atoms with Gasteiger partial charge in [0, 0.05) is 16.6 Å². The Kier molecular flexibility index (Phi) is 4.36. The van der Waals surface area contributed by atoms with Gasteiger partial charge in [0.05, 0.1) is 6.61 Å². The minimum atomic E-state index is -0.0749. The number of benzene rings is 2. The van der Waals surface area contributed by atoms with Crippen LogP contribution in [-0.2, 0) is 11.2 Å². The Morgan fingerprint density at radius 1 is 1.19 bits per heavy atom. The highest BCUT2D eigenvalue weighted by Gasteiger charge is 2.21. The molecule has 0 saturated carbocycles. The molecule has 0 bridgehead atoms. The number of rotatable bonds is 3. The lowest BCUT2D eigenvalue weighted by atomic mass is 9.97. The van der Waals surface area contributed by atoms with Crippen LogP contribution < -0.4 is 5.32 Å². The molecular formula is C17H16BrNO2. The molecule has 1 unspecified atom stereocenters. The van der Waals surface area contributed by atoms with Gasteiger partial charge in [0.2, 0.25) is 0 Å². The molecule has 1 atom stereocenters. The zero-order valence-corrected chi connectivity index (χ0v) is 13.1. The number of halogens is 1. The van der Waals surface area contributed by atoms with Crippen molar-refractivity contribution in [1.82, 2.24) is 5.32 Å². The van der Waals surface area contributed by atoms with Crippen molar-refractivity contribution in [3.8, 4) is 0 Å². The molecule has 2 aromatic carbocycles. The predicted molar refractivity (Wildman–Crippen MR) is 85.3 cm³/mol. The van der Waals surface area contributed by atoms with E-state index in [1.165, 1.54) is 11.1 Å². The van der Waals surface area contributed by atoms with Crippen molar-refractivity contribution < 1.29 is 9.53 Å². The lowest BCUT2D eigenvalue weighted by Crippen LogP contribution is -2.31. The van der Waals surface area contributed by atoms with E-state index in [0.29, 0.717) is 18.7 Å². The van der Waals surface area contributed by atoms with E-state index in [2.05, 4.69) is 33.4 Å². The molecule has 1 amide bonds. The van der Waals surface area contributed by atoms with Crippen LogP contribution in [0.5, 0.6) is 0 Å². The minimum absolute atomic E-state index is 0.0608. The third-order valence-corrected chi connectivity index (χ3v) is 4.18. The molecule has 3 rings (SSSR count). The van der Waals surface area contributed by atoms with Crippen LogP contribution in [0.15, 0.2) is 53.0 Å². The Bertz CT molecular complexity index is 639. The molecule has 4 heteroatoms. The lowest BCUT2D eigenvalue weighted by Gasteiger charge is -2.26. The van der Waals surface area contributed by atoms with Crippen molar-refractivity contribution in [2.75, 3.05) is 13.2 Å². The van der Waals surface area contributed by atoms with Crippen molar-refractivity contribution in [2.45, 2.75) is 12.5 Å². The zero-order valence-electron chi connectivity index (χ0n) is 11.5. The maximum atomic E-state index is 12.1. The second-order valence-corrected chi connectivity index (χ2v) is 5.94. The number of amides is 1. The summed E-state index contributed by atoms with van der Waals surface area (Å²) in [5.74, 6) is -0.0749. The summed E-state index contributed by atoms with van der Waals surface area (Å²) < 4.78 is 6.75. The summed E-state index contributed by atoms with van der Waals surface area (Å²) in [7, 11) is 0. The standard InChI is InChI=1S/C17H16BrNO2/c18-14-7-5-13(6-8-14)17(20)19-11-16-15-4-2-1-3-12(15)9-10-21-16/h1-8,16H,9-11H2,(H,19,20). The van der Waals surface area contributed by atoms with Crippen LogP contribution in [0.1, 0.15) is 27.6 Å². The molecule has 1 aliphatic heterocycles. The first kappa shape index (κ1) is 14.3. The van der Waals surface area contributed by atoms with Gasteiger partial charge < -0.3 is 10.1 Å². The number of carbonyl (C=O) groups is 1. The first-order valence-electron chi connectivity index (χ1n) is 6.97. The fraction of sp³-hybridized carbons (Fsp3) is 0.235. The topological polar surface area (TPSA) is 38.3 Å². The van der Waals surface area contributed by atoms with Gasteiger partial charge in [-0.25, -0.2) is 0 Å². The third kappa shape index (κ3) is 3.34. The second-order valence-electron chi connectivity index (χ2n) is 5.03. The molecule has 1 aliphatic rings. The first-order valence-corrected chi connectivity index (χ1v) is 7.76. The molecule has 0 fully saturated rings. The van der Waals surface area contributed by atoms with Crippen LogP contribution in [0, 0.1) is 0 Å². The van der Waals surface area contributed by atoms with Crippen molar-refractivity contribution in [2.24, 2.45) is 0 Å². The van der Waals surface area contributed by atoms with Gasteiger partial charge in [0.1, 0.15) is 6.10 Å². The Balaban J connectivity index is 1.66. The van der Waals surface area contributed by atoms with Crippen LogP contribution in [0.4, 0.5) is 0 Å². The molecule has 2 aromatic rings. The summed E-state index contributed by atoms with van der Waals surface area (Å²) in [6.07, 6.45) is 0.877. The summed E-state index contributed by atoms with van der Waals surface area (Å²) >= 11 is 3.36. The van der Waals surface area contributed by atoms with E-state index in [9.17, 15) is 4.79 Å². The van der Waals surface area contributed by atoms with Gasteiger partial charge in [-0.15, -0.1) is 0 Å². The van der Waals surface area contributed by atoms with E-state index in [1.807, 2.05) is 24.3 Å². The molecular weight excluding hydrogens is 330 g/mol. The lowest BCUT2D eigenvalue weighted by molar-refractivity contribution is 0.0411. The molecule has 0 aromatic heterocycles. The average molecular weight is 346 g/mol. The van der Waals surface area contributed by atoms with Crippen molar-refractivity contribution in [3.05, 3.63) is 69.7 Å². The van der Waals surface area contributed by atoms with Gasteiger partial charge in [-0.05, 0) is 41.8 Å². The predicted octanol–water partition coefficient (Wildman–Crippen LogP) is 3.49. The van der Waals surface area contributed by atoms with E-state index in [0.717, 1.165) is 10.9 Å². The van der Waals surface area contributed by atoms with E-state index in [1.54, 1.807) is 12.1 Å². The Morgan fingerprint density at radius 2 is 1.95 bits per heavy atom. The third-order valence-electron chi connectivity index (χ3n) is 3.65. The summed E-state index contributed by atoms with van der Waals surface area (Å²) in [6, 6.07) is 15.6. The molecule has 0 saturated heterocycles. The maximum absolute atomic E-state index is 12.1. The highest BCUT2D eigenvalue weighted by atomic mass is 79.9. The Labute approximate surface area is 132 Å². The van der Waals surface area contributed by atoms with Crippen molar-refractivity contribution in [1.29, 1.82) is 0 Å². The molecule has 0 radical (unpaired) electrons. The zero-order chi connectivity index (χ0) is 14.7. The quantitative estimate of drug-likeness (QED) is 0.924. The summed E-state index contributed by atoms with van der Waals surface area (Å²) in [6.45, 7) is 1.20. The monoisotopic (exact) mass is 345 g/mol. The number of hydrogen-bond donors (Lipinski definition) is 1. The van der Waals surface area contributed by atoms with E-state index < -0.39 is 0 Å². The van der Waals surface area contributed by atoms with Gasteiger partial charge in [0.15, 0.2) is 0 Å². The smallest absolute Gasteiger partial charge is 0.251 e. The molecule has 1 N–H and O–H groups in total. The van der Waals surface area contributed by atoms with Crippen LogP contribution in [0.2, 0.25) is 0 Å². The van der Waals surface area contributed by atoms with Gasteiger partial charge in [-0.1, -0.05) is 40.2 Å². The van der Waals surface area contributed by atoms with Crippen molar-refractivity contribution in [3.63, 3.8) is 0 Å². The van der Waals surface area contributed by atoms with Crippen LogP contribution in [0.3, 0.4) is 0 Å². The molecule has 3 nitrogen and oxygen atoms in total. The number of carbonyl (C=O) groups excluding carboxylic acids is 1. The van der Waals surface area contributed by atoms with Crippen LogP contribution in [-0.4, -0.2) is 19.1 Å². The molecule has 108 valence electrons. The SMILES string of the molecule is O=C(NCC1OCCc2ccccc21)c1ccc(Br)cc1. The molecule has 0 spiro atoms. The summed E-state index contributed by atoms with van der Waals surface area (Å²) in [5.41, 5.74) is 3.15. The summed E-state index contributed by atoms with van der Waals surface area (Å²) in [5, 5.41) is 2.95. The van der Waals surface area contributed by atoms with Gasteiger partial charge in [-0.2, -0.15) is 0 Å². The van der Waals surface area contributed by atoms with Gasteiger partial charge >= 0.3 is 0 Å². The normalized spacial score (nSPS) is 17.1. The number of ether oxygens (including phenoxy) is 1. The largest absolute Gasteiger partial charge is 0.371 e. The first-order chi connectivity index (χ1) is 10.2. The van der Waals surface area contributed by atoms with Gasteiger partial charge in [-0.3, -0.25) is 4.79 Å². The summed E-state index contributed by atoms with van der Waals surface area (Å²) in [4.78, 5) is 12.1. The van der Waals surface area contributed by atoms with Crippen molar-refractivity contribution >= 4 is 21.8 Å². The highest BCUT2D eigenvalue weighted by Crippen LogP contribution is 2.26. The minimum Gasteiger partial charge on any atom is -0.371 e. The number of nitrogens with one attached hydrogen (secondary N) is 1. The van der Waals surface area contributed by atoms with Crippen LogP contribution >= 0.6 is 15.9 Å². The maximum Gasteiger partial charge on any atom is 0.251 e. The molecule has 0 aliphatic carbocycles. The molecule has 21 heavy (non-hydrogen) atoms. The number of hydrogen-bond acceptors (Lipinski definition) is 2. The fourth-order valence-electron chi connectivity index (χ4n) is 2.53. The number of fused-ring (bicyclic) bond motifs is 1. The highest BCUT2D eigenvalue weighted by molar-refractivity contribution is 9.10. The Hall–Kier alpha value is -1.65. The van der Waals surface area contributed by atoms with E-state index in [4.69, 9.17) is 4.74 Å². The second kappa shape index (κ2) is 6.41.